The third kappa shape index (κ3) is 4.45. The van der Waals surface area contributed by atoms with Crippen molar-refractivity contribution in [3.8, 4) is 0 Å². The first-order chi connectivity index (χ1) is 12.7. The molecule has 26 heavy (non-hydrogen) atoms. The van der Waals surface area contributed by atoms with Gasteiger partial charge in [0, 0.05) is 20.8 Å². The summed E-state index contributed by atoms with van der Waals surface area (Å²) >= 11 is 0. The number of nitrogens with zero attached hydrogens (tertiary/aromatic N) is 1. The predicted molar refractivity (Wildman–Crippen MR) is 100 cm³/mol. The normalized spacial score (nSPS) is 24.5. The van der Waals surface area contributed by atoms with E-state index in [1.165, 1.54) is 5.56 Å². The molecule has 1 heterocycles. The fourth-order valence-corrected chi connectivity index (χ4v) is 4.11. The van der Waals surface area contributed by atoms with E-state index in [2.05, 4.69) is 12.1 Å². The molecule has 1 aromatic carbocycles. The smallest absolute Gasteiger partial charge is 0.225 e. The van der Waals surface area contributed by atoms with Crippen molar-refractivity contribution >= 4 is 5.91 Å². The number of methoxy groups -OCH3 is 2. The standard InChI is InChI=1S/C21H31NO4/c1-24-13-14-26-19-9-12-22(18(19)15-17-7-4-3-5-8-17)20(23)16-21(25-2)10-6-11-21/h3-5,7-8,18-19H,6,9-16H2,1-2H3/t18-,19+/m0/s1. The van der Waals surface area contributed by atoms with E-state index in [1.807, 2.05) is 23.1 Å². The van der Waals surface area contributed by atoms with Crippen LogP contribution in [0.25, 0.3) is 0 Å². The van der Waals surface area contributed by atoms with Crippen LogP contribution in [0.15, 0.2) is 30.3 Å². The van der Waals surface area contributed by atoms with Crippen LogP contribution in [-0.2, 0) is 25.4 Å². The van der Waals surface area contributed by atoms with Crippen LogP contribution in [0, 0.1) is 0 Å². The molecule has 1 saturated heterocycles. The first-order valence-electron chi connectivity index (χ1n) is 9.66. The van der Waals surface area contributed by atoms with Crippen LogP contribution in [0.4, 0.5) is 0 Å². The van der Waals surface area contributed by atoms with Gasteiger partial charge in [0.1, 0.15) is 0 Å². The van der Waals surface area contributed by atoms with Crippen molar-refractivity contribution in [2.75, 3.05) is 34.0 Å². The molecule has 0 radical (unpaired) electrons. The van der Waals surface area contributed by atoms with Crippen molar-refractivity contribution in [3.05, 3.63) is 35.9 Å². The predicted octanol–water partition coefficient (Wildman–Crippen LogP) is 2.82. The fourth-order valence-electron chi connectivity index (χ4n) is 4.11. The Morgan fingerprint density at radius 3 is 2.58 bits per heavy atom. The summed E-state index contributed by atoms with van der Waals surface area (Å²) in [6, 6.07) is 10.4. The maximum absolute atomic E-state index is 13.1. The number of carbonyl (C=O) groups is 1. The van der Waals surface area contributed by atoms with E-state index >= 15 is 0 Å². The van der Waals surface area contributed by atoms with Crippen molar-refractivity contribution in [1.29, 1.82) is 0 Å². The van der Waals surface area contributed by atoms with Gasteiger partial charge in [-0.05, 0) is 37.7 Å². The summed E-state index contributed by atoms with van der Waals surface area (Å²) in [4.78, 5) is 15.1. The average molecular weight is 361 g/mol. The molecule has 5 heteroatoms. The molecule has 144 valence electrons. The molecular formula is C21H31NO4. The van der Waals surface area contributed by atoms with Crippen molar-refractivity contribution in [2.24, 2.45) is 0 Å². The van der Waals surface area contributed by atoms with E-state index in [1.54, 1.807) is 14.2 Å². The van der Waals surface area contributed by atoms with Crippen LogP contribution in [0.1, 0.15) is 37.7 Å². The van der Waals surface area contributed by atoms with E-state index < -0.39 is 0 Å². The number of amides is 1. The highest BCUT2D eigenvalue weighted by Crippen LogP contribution is 2.39. The summed E-state index contributed by atoms with van der Waals surface area (Å²) in [7, 11) is 3.41. The van der Waals surface area contributed by atoms with Crippen molar-refractivity contribution in [3.63, 3.8) is 0 Å². The van der Waals surface area contributed by atoms with Gasteiger partial charge in [-0.2, -0.15) is 0 Å². The number of hydrogen-bond donors (Lipinski definition) is 0. The number of ether oxygens (including phenoxy) is 3. The minimum atomic E-state index is -0.233. The Kier molecular flexibility index (Phi) is 6.68. The van der Waals surface area contributed by atoms with Crippen LogP contribution < -0.4 is 0 Å². The summed E-state index contributed by atoms with van der Waals surface area (Å²) in [5.41, 5.74) is 1.01. The zero-order chi connectivity index (χ0) is 18.4. The number of rotatable bonds is 9. The molecule has 0 unspecified atom stereocenters. The van der Waals surface area contributed by atoms with Crippen LogP contribution in [0.3, 0.4) is 0 Å². The van der Waals surface area contributed by atoms with Crippen LogP contribution in [0.5, 0.6) is 0 Å². The monoisotopic (exact) mass is 361 g/mol. The zero-order valence-corrected chi connectivity index (χ0v) is 16.0. The summed E-state index contributed by atoms with van der Waals surface area (Å²) in [6.45, 7) is 1.90. The summed E-state index contributed by atoms with van der Waals surface area (Å²) in [5.74, 6) is 0.199. The highest BCUT2D eigenvalue weighted by atomic mass is 16.5. The second-order valence-electron chi connectivity index (χ2n) is 7.45. The van der Waals surface area contributed by atoms with Gasteiger partial charge < -0.3 is 19.1 Å². The largest absolute Gasteiger partial charge is 0.382 e. The molecule has 0 N–H and O–H groups in total. The molecule has 0 spiro atoms. The molecule has 0 aromatic heterocycles. The van der Waals surface area contributed by atoms with Gasteiger partial charge in [-0.25, -0.2) is 0 Å². The lowest BCUT2D eigenvalue weighted by molar-refractivity contribution is -0.146. The SMILES string of the molecule is COCCO[C@@H]1CCN(C(=O)CC2(OC)CCC2)[C@H]1Cc1ccccc1. The van der Waals surface area contributed by atoms with Crippen molar-refractivity contribution in [2.45, 2.75) is 56.3 Å². The maximum Gasteiger partial charge on any atom is 0.225 e. The van der Waals surface area contributed by atoms with E-state index in [4.69, 9.17) is 14.2 Å². The van der Waals surface area contributed by atoms with Gasteiger partial charge in [0.15, 0.2) is 0 Å². The molecule has 2 atom stereocenters. The lowest BCUT2D eigenvalue weighted by atomic mass is 9.77. The van der Waals surface area contributed by atoms with Gasteiger partial charge in [-0.15, -0.1) is 0 Å². The van der Waals surface area contributed by atoms with E-state index in [-0.39, 0.29) is 23.7 Å². The molecular weight excluding hydrogens is 330 g/mol. The van der Waals surface area contributed by atoms with E-state index in [0.29, 0.717) is 19.6 Å². The Bertz CT molecular complexity index is 567. The quantitative estimate of drug-likeness (QED) is 0.635. The Balaban J connectivity index is 1.68. The first-order valence-corrected chi connectivity index (χ1v) is 9.66. The summed E-state index contributed by atoms with van der Waals surface area (Å²) < 4.78 is 16.8. The highest BCUT2D eigenvalue weighted by Gasteiger charge is 2.44. The molecule has 1 aliphatic carbocycles. The Morgan fingerprint density at radius 1 is 1.19 bits per heavy atom. The summed E-state index contributed by atoms with van der Waals surface area (Å²) in [6.07, 6.45) is 5.38. The third-order valence-corrected chi connectivity index (χ3v) is 5.88. The number of likely N-dealkylation sites (tertiary alicyclic amines) is 1. The summed E-state index contributed by atoms with van der Waals surface area (Å²) in [5, 5.41) is 0. The number of benzene rings is 1. The average Bonchev–Trinajstić information content (AvgIpc) is 3.02. The van der Waals surface area contributed by atoms with E-state index in [0.717, 1.165) is 38.6 Å². The van der Waals surface area contributed by atoms with E-state index in [9.17, 15) is 4.79 Å². The van der Waals surface area contributed by atoms with Crippen LogP contribution in [-0.4, -0.2) is 62.5 Å². The third-order valence-electron chi connectivity index (χ3n) is 5.88. The van der Waals surface area contributed by atoms with Gasteiger partial charge in [-0.1, -0.05) is 30.3 Å². The fraction of sp³-hybridized carbons (Fsp3) is 0.667. The Hall–Kier alpha value is -1.43. The van der Waals surface area contributed by atoms with Gasteiger partial charge in [0.2, 0.25) is 5.91 Å². The second kappa shape index (κ2) is 8.98. The first kappa shape index (κ1) is 19.3. The molecule has 5 nitrogen and oxygen atoms in total. The molecule has 1 aliphatic heterocycles. The van der Waals surface area contributed by atoms with Crippen molar-refractivity contribution in [1.82, 2.24) is 4.90 Å². The van der Waals surface area contributed by atoms with Crippen LogP contribution in [0.2, 0.25) is 0 Å². The van der Waals surface area contributed by atoms with Gasteiger partial charge in [-0.3, -0.25) is 4.79 Å². The minimum absolute atomic E-state index is 0.0641. The highest BCUT2D eigenvalue weighted by molar-refractivity contribution is 5.78. The van der Waals surface area contributed by atoms with Crippen LogP contribution >= 0.6 is 0 Å². The topological polar surface area (TPSA) is 48.0 Å². The van der Waals surface area contributed by atoms with Gasteiger partial charge in [0.25, 0.3) is 0 Å². The molecule has 3 rings (SSSR count). The lowest BCUT2D eigenvalue weighted by Crippen LogP contribution is -2.48. The maximum atomic E-state index is 13.1. The van der Waals surface area contributed by atoms with Crippen molar-refractivity contribution < 1.29 is 19.0 Å². The molecule has 1 amide bonds. The van der Waals surface area contributed by atoms with Gasteiger partial charge in [0.05, 0.1) is 37.4 Å². The molecule has 1 aromatic rings. The minimum Gasteiger partial charge on any atom is -0.382 e. The van der Waals surface area contributed by atoms with Gasteiger partial charge >= 0.3 is 0 Å². The lowest BCUT2D eigenvalue weighted by Gasteiger charge is -2.41. The second-order valence-corrected chi connectivity index (χ2v) is 7.45. The molecule has 2 fully saturated rings. The zero-order valence-electron chi connectivity index (χ0n) is 16.0. The molecule has 1 saturated carbocycles. The number of carbonyl (C=O) groups excluding carboxylic acids is 1. The molecule has 2 aliphatic rings. The number of hydrogen-bond acceptors (Lipinski definition) is 4. The Morgan fingerprint density at radius 2 is 1.96 bits per heavy atom. The Labute approximate surface area is 156 Å². The molecule has 0 bridgehead atoms.